The average molecular weight is 293 g/mol. The van der Waals surface area contributed by atoms with Gasteiger partial charge in [0.1, 0.15) is 5.82 Å². The molecule has 1 aliphatic rings. The Morgan fingerprint density at radius 2 is 2.14 bits per heavy atom. The third-order valence-corrected chi connectivity index (χ3v) is 4.31. The maximum absolute atomic E-state index is 13.7. The molecule has 2 unspecified atom stereocenters. The number of hydrogen-bond donors (Lipinski definition) is 1. The second-order valence-corrected chi connectivity index (χ2v) is 5.93. The Bertz CT molecular complexity index is 478. The van der Waals surface area contributed by atoms with E-state index in [2.05, 4.69) is 4.90 Å². The Morgan fingerprint density at radius 1 is 1.38 bits per heavy atom. The second-order valence-electron chi connectivity index (χ2n) is 5.93. The third-order valence-electron chi connectivity index (χ3n) is 4.31. The van der Waals surface area contributed by atoms with E-state index in [1.54, 1.807) is 18.2 Å². The Hall–Kier alpha value is -1.26. The highest BCUT2D eigenvalue weighted by Crippen LogP contribution is 2.20. The first-order chi connectivity index (χ1) is 10.1. The van der Waals surface area contributed by atoms with Gasteiger partial charge in [-0.1, -0.05) is 31.9 Å². The molecule has 1 aliphatic heterocycles. The molecule has 1 heterocycles. The van der Waals surface area contributed by atoms with Crippen LogP contribution in [-0.4, -0.2) is 41.5 Å². The molecular formula is C17H24FNO2. The van der Waals surface area contributed by atoms with Gasteiger partial charge in [-0.3, -0.25) is 9.69 Å². The number of aliphatic hydroxyl groups excluding tert-OH is 1. The molecule has 1 N–H and O–H groups in total. The summed E-state index contributed by atoms with van der Waals surface area (Å²) in [7, 11) is 0. The molecule has 1 aromatic carbocycles. The molecule has 2 atom stereocenters. The highest BCUT2D eigenvalue weighted by molar-refractivity contribution is 5.98. The second kappa shape index (κ2) is 7.66. The van der Waals surface area contributed by atoms with Gasteiger partial charge in [0.15, 0.2) is 5.78 Å². The van der Waals surface area contributed by atoms with Crippen LogP contribution in [0.1, 0.15) is 43.0 Å². The molecule has 21 heavy (non-hydrogen) atoms. The fraction of sp³-hybridized carbons (Fsp3) is 0.588. The molecule has 1 fully saturated rings. The summed E-state index contributed by atoms with van der Waals surface area (Å²) in [6.45, 7) is 3.45. The Morgan fingerprint density at radius 3 is 2.86 bits per heavy atom. The molecule has 0 radical (unpaired) electrons. The zero-order chi connectivity index (χ0) is 15.2. The molecule has 3 nitrogen and oxygen atoms in total. The van der Waals surface area contributed by atoms with Crippen molar-refractivity contribution >= 4 is 5.78 Å². The number of ketones is 1. The Kier molecular flexibility index (Phi) is 5.88. The summed E-state index contributed by atoms with van der Waals surface area (Å²) in [5, 5.41) is 9.51. The summed E-state index contributed by atoms with van der Waals surface area (Å²) in [5.41, 5.74) is 0.167. The van der Waals surface area contributed by atoms with Crippen LogP contribution in [0.4, 0.5) is 4.39 Å². The zero-order valence-corrected chi connectivity index (χ0v) is 12.6. The van der Waals surface area contributed by atoms with E-state index in [9.17, 15) is 14.3 Å². The minimum atomic E-state index is -0.455. The van der Waals surface area contributed by atoms with Crippen LogP contribution in [0.3, 0.4) is 0 Å². The van der Waals surface area contributed by atoms with E-state index in [1.165, 1.54) is 12.5 Å². The summed E-state index contributed by atoms with van der Waals surface area (Å²) in [5.74, 6) is -0.882. The van der Waals surface area contributed by atoms with Crippen LogP contribution in [-0.2, 0) is 0 Å². The molecule has 1 aromatic rings. The predicted octanol–water partition coefficient (Wildman–Crippen LogP) is 2.88. The summed E-state index contributed by atoms with van der Waals surface area (Å²) >= 11 is 0. The SMILES string of the molecule is CC(CN1CCCCCC1CO)C(=O)c1ccccc1F. The maximum Gasteiger partial charge on any atom is 0.169 e. The van der Waals surface area contributed by atoms with Crippen LogP contribution < -0.4 is 0 Å². The molecule has 0 bridgehead atoms. The van der Waals surface area contributed by atoms with Crippen molar-refractivity contribution < 1.29 is 14.3 Å². The van der Waals surface area contributed by atoms with Crippen molar-refractivity contribution in [3.05, 3.63) is 35.6 Å². The third kappa shape index (κ3) is 4.11. The van der Waals surface area contributed by atoms with Gasteiger partial charge in [-0.25, -0.2) is 4.39 Å². The predicted molar refractivity (Wildman–Crippen MR) is 80.8 cm³/mol. The van der Waals surface area contributed by atoms with Gasteiger partial charge in [-0.2, -0.15) is 0 Å². The lowest BCUT2D eigenvalue weighted by Gasteiger charge is -2.30. The van der Waals surface area contributed by atoms with Crippen molar-refractivity contribution in [2.45, 2.75) is 38.6 Å². The average Bonchev–Trinajstić information content (AvgIpc) is 2.72. The number of aliphatic hydroxyl groups is 1. The van der Waals surface area contributed by atoms with Crippen LogP contribution in [0.2, 0.25) is 0 Å². The minimum Gasteiger partial charge on any atom is -0.395 e. The normalized spacial score (nSPS) is 21.8. The first-order valence-electron chi connectivity index (χ1n) is 7.77. The van der Waals surface area contributed by atoms with Crippen molar-refractivity contribution in [1.82, 2.24) is 4.90 Å². The fourth-order valence-corrected chi connectivity index (χ4v) is 3.05. The first kappa shape index (κ1) is 16.1. The Balaban J connectivity index is 2.04. The zero-order valence-electron chi connectivity index (χ0n) is 12.6. The van der Waals surface area contributed by atoms with Crippen LogP contribution in [0.25, 0.3) is 0 Å². The quantitative estimate of drug-likeness (QED) is 0.849. The van der Waals surface area contributed by atoms with Crippen molar-refractivity contribution in [3.63, 3.8) is 0 Å². The molecule has 0 aliphatic carbocycles. The van der Waals surface area contributed by atoms with Gasteiger partial charge >= 0.3 is 0 Å². The molecule has 0 aromatic heterocycles. The molecule has 4 heteroatoms. The number of halogens is 1. The maximum atomic E-state index is 13.7. The summed E-state index contributed by atoms with van der Waals surface area (Å²) in [6.07, 6.45) is 4.36. The van der Waals surface area contributed by atoms with Crippen molar-refractivity contribution in [3.8, 4) is 0 Å². The summed E-state index contributed by atoms with van der Waals surface area (Å²) < 4.78 is 13.7. The monoisotopic (exact) mass is 293 g/mol. The van der Waals surface area contributed by atoms with E-state index in [-0.39, 0.29) is 29.9 Å². The van der Waals surface area contributed by atoms with Crippen molar-refractivity contribution in [2.24, 2.45) is 5.92 Å². The minimum absolute atomic E-state index is 0.126. The van der Waals surface area contributed by atoms with Gasteiger partial charge < -0.3 is 5.11 Å². The lowest BCUT2D eigenvalue weighted by atomic mass is 9.97. The van der Waals surface area contributed by atoms with E-state index in [0.29, 0.717) is 6.54 Å². The van der Waals surface area contributed by atoms with Gasteiger partial charge in [0, 0.05) is 18.5 Å². The van der Waals surface area contributed by atoms with Gasteiger partial charge in [0.25, 0.3) is 0 Å². The van der Waals surface area contributed by atoms with Gasteiger partial charge in [-0.15, -0.1) is 0 Å². The molecule has 1 saturated heterocycles. The molecule has 0 amide bonds. The number of nitrogens with zero attached hydrogens (tertiary/aromatic N) is 1. The van der Waals surface area contributed by atoms with E-state index >= 15 is 0 Å². The summed E-state index contributed by atoms with van der Waals surface area (Å²) in [6, 6.07) is 6.27. The highest BCUT2D eigenvalue weighted by Gasteiger charge is 2.25. The van der Waals surface area contributed by atoms with Crippen LogP contribution in [0.5, 0.6) is 0 Å². The number of carbonyl (C=O) groups excluding carboxylic acids is 1. The number of likely N-dealkylation sites (tertiary alicyclic amines) is 1. The molecular weight excluding hydrogens is 269 g/mol. The Labute approximate surface area is 125 Å². The van der Waals surface area contributed by atoms with Crippen LogP contribution in [0.15, 0.2) is 24.3 Å². The smallest absolute Gasteiger partial charge is 0.169 e. The molecule has 0 spiro atoms. The van der Waals surface area contributed by atoms with Crippen LogP contribution in [0, 0.1) is 11.7 Å². The number of carbonyl (C=O) groups is 1. The molecule has 116 valence electrons. The van der Waals surface area contributed by atoms with E-state index in [0.717, 1.165) is 25.8 Å². The first-order valence-corrected chi connectivity index (χ1v) is 7.77. The van der Waals surface area contributed by atoms with Gasteiger partial charge in [0.05, 0.1) is 12.2 Å². The topological polar surface area (TPSA) is 40.5 Å². The standard InChI is InChI=1S/C17H24FNO2/c1-13(17(21)15-8-4-5-9-16(15)18)11-19-10-6-2-3-7-14(19)12-20/h4-5,8-9,13-14,20H,2-3,6-7,10-12H2,1H3. The lowest BCUT2D eigenvalue weighted by molar-refractivity contribution is 0.0802. The summed E-state index contributed by atoms with van der Waals surface area (Å²) in [4.78, 5) is 14.6. The number of benzene rings is 1. The molecule has 0 saturated carbocycles. The largest absolute Gasteiger partial charge is 0.395 e. The van der Waals surface area contributed by atoms with E-state index < -0.39 is 5.82 Å². The van der Waals surface area contributed by atoms with Crippen molar-refractivity contribution in [2.75, 3.05) is 19.7 Å². The number of Topliss-reactive ketones (excluding diaryl/α,β-unsaturated/α-hetero) is 1. The number of rotatable bonds is 5. The highest BCUT2D eigenvalue weighted by atomic mass is 19.1. The fourth-order valence-electron chi connectivity index (χ4n) is 3.05. The van der Waals surface area contributed by atoms with Gasteiger partial charge in [-0.05, 0) is 31.5 Å². The number of hydrogen-bond acceptors (Lipinski definition) is 3. The van der Waals surface area contributed by atoms with E-state index in [4.69, 9.17) is 0 Å². The van der Waals surface area contributed by atoms with E-state index in [1.807, 2.05) is 6.92 Å². The molecule has 2 rings (SSSR count). The van der Waals surface area contributed by atoms with Gasteiger partial charge in [0.2, 0.25) is 0 Å². The van der Waals surface area contributed by atoms with Crippen molar-refractivity contribution in [1.29, 1.82) is 0 Å². The van der Waals surface area contributed by atoms with Crippen LogP contribution >= 0.6 is 0 Å². The lowest BCUT2D eigenvalue weighted by Crippen LogP contribution is -2.41.